The Morgan fingerprint density at radius 1 is 1.59 bits per heavy atom. The van der Waals surface area contributed by atoms with Crippen molar-refractivity contribution in [3.63, 3.8) is 0 Å². The summed E-state index contributed by atoms with van der Waals surface area (Å²) in [6.45, 7) is 5.32. The predicted octanol–water partition coefficient (Wildman–Crippen LogP) is 2.20. The Balaban J connectivity index is 1.94. The average Bonchev–Trinajstić information content (AvgIpc) is 2.90. The van der Waals surface area contributed by atoms with Crippen LogP contribution in [0.2, 0.25) is 0 Å². The van der Waals surface area contributed by atoms with E-state index in [1.54, 1.807) is 16.2 Å². The molecule has 1 saturated heterocycles. The summed E-state index contributed by atoms with van der Waals surface area (Å²) in [4.78, 5) is 29.8. The van der Waals surface area contributed by atoms with Crippen molar-refractivity contribution in [1.82, 2.24) is 15.2 Å². The summed E-state index contributed by atoms with van der Waals surface area (Å²) < 4.78 is 0. The van der Waals surface area contributed by atoms with Gasteiger partial charge >= 0.3 is 6.03 Å². The van der Waals surface area contributed by atoms with E-state index < -0.39 is 0 Å². The Bertz CT molecular complexity index is 531. The van der Waals surface area contributed by atoms with E-state index in [0.717, 1.165) is 36.5 Å². The second kappa shape index (κ2) is 7.58. The van der Waals surface area contributed by atoms with Crippen LogP contribution in [0.15, 0.2) is 5.38 Å². The van der Waals surface area contributed by atoms with Gasteiger partial charge in [-0.3, -0.25) is 4.79 Å². The molecule has 0 aliphatic carbocycles. The predicted molar refractivity (Wildman–Crippen MR) is 86.5 cm³/mol. The number of hydrogen-bond donors (Lipinski definition) is 2. The SMILES string of the molecule is CC[C@H](NC(=O)N1CCC[C@H](CC(N)=O)C1)c1nc(C)cs1. The van der Waals surface area contributed by atoms with Gasteiger partial charge in [0, 0.05) is 30.6 Å². The number of aromatic nitrogens is 1. The lowest BCUT2D eigenvalue weighted by Crippen LogP contribution is -2.47. The number of thiazole rings is 1. The van der Waals surface area contributed by atoms with Crippen LogP contribution in [-0.4, -0.2) is 34.9 Å². The van der Waals surface area contributed by atoms with Gasteiger partial charge in [0.2, 0.25) is 5.91 Å². The molecule has 2 atom stereocenters. The van der Waals surface area contributed by atoms with E-state index in [2.05, 4.69) is 10.3 Å². The number of urea groups is 1. The van der Waals surface area contributed by atoms with Crippen molar-refractivity contribution in [1.29, 1.82) is 0 Å². The number of amides is 3. The van der Waals surface area contributed by atoms with Gasteiger partial charge in [-0.25, -0.2) is 9.78 Å². The summed E-state index contributed by atoms with van der Waals surface area (Å²) in [5.41, 5.74) is 6.24. The van der Waals surface area contributed by atoms with E-state index in [1.165, 1.54) is 0 Å². The monoisotopic (exact) mass is 324 g/mol. The highest BCUT2D eigenvalue weighted by Crippen LogP contribution is 2.23. The summed E-state index contributed by atoms with van der Waals surface area (Å²) in [5.74, 6) is -0.115. The second-order valence-electron chi connectivity index (χ2n) is 5.86. The molecule has 1 aromatic heterocycles. The van der Waals surface area contributed by atoms with Gasteiger partial charge in [-0.2, -0.15) is 0 Å². The average molecular weight is 324 g/mol. The van der Waals surface area contributed by atoms with E-state index in [9.17, 15) is 9.59 Å². The number of carbonyl (C=O) groups excluding carboxylic acids is 2. The van der Waals surface area contributed by atoms with Crippen molar-refractivity contribution in [2.24, 2.45) is 11.7 Å². The summed E-state index contributed by atoms with van der Waals surface area (Å²) in [5, 5.41) is 6.00. The fourth-order valence-corrected chi connectivity index (χ4v) is 3.74. The summed E-state index contributed by atoms with van der Waals surface area (Å²) >= 11 is 1.57. The molecule has 3 amide bonds. The molecule has 7 heteroatoms. The Kier molecular flexibility index (Phi) is 5.76. The molecule has 0 unspecified atom stereocenters. The van der Waals surface area contributed by atoms with Gasteiger partial charge in [0.05, 0.1) is 6.04 Å². The normalized spacial score (nSPS) is 19.7. The van der Waals surface area contributed by atoms with Crippen LogP contribution in [0, 0.1) is 12.8 Å². The van der Waals surface area contributed by atoms with Gasteiger partial charge < -0.3 is 16.0 Å². The number of nitrogens with two attached hydrogens (primary N) is 1. The Hall–Kier alpha value is -1.63. The van der Waals surface area contributed by atoms with Crippen molar-refractivity contribution >= 4 is 23.3 Å². The minimum atomic E-state index is -0.294. The fourth-order valence-electron chi connectivity index (χ4n) is 2.81. The third-order valence-corrected chi connectivity index (χ3v) is 5.01. The van der Waals surface area contributed by atoms with Gasteiger partial charge in [0.1, 0.15) is 5.01 Å². The molecule has 1 aromatic rings. The highest BCUT2D eigenvalue weighted by Gasteiger charge is 2.26. The maximum absolute atomic E-state index is 12.5. The maximum Gasteiger partial charge on any atom is 0.317 e. The number of primary amides is 1. The number of carbonyl (C=O) groups is 2. The highest BCUT2D eigenvalue weighted by atomic mass is 32.1. The number of piperidine rings is 1. The number of hydrogen-bond acceptors (Lipinski definition) is 4. The first-order valence-electron chi connectivity index (χ1n) is 7.75. The number of aryl methyl sites for hydroxylation is 1. The Labute approximate surface area is 135 Å². The van der Waals surface area contributed by atoms with Gasteiger partial charge in [-0.05, 0) is 32.1 Å². The summed E-state index contributed by atoms with van der Waals surface area (Å²) in [7, 11) is 0. The first kappa shape index (κ1) is 16.7. The number of rotatable bonds is 5. The number of nitrogens with one attached hydrogen (secondary N) is 1. The molecule has 0 bridgehead atoms. The van der Waals surface area contributed by atoms with Crippen LogP contribution < -0.4 is 11.1 Å². The molecule has 1 aliphatic rings. The number of likely N-dealkylation sites (tertiary alicyclic amines) is 1. The standard InChI is InChI=1S/C15H24N4O2S/c1-3-12(14-17-10(2)9-22-14)18-15(21)19-6-4-5-11(8-19)7-13(16)20/h9,11-12H,3-8H2,1-2H3,(H2,16,20)(H,18,21)/t11-,12+/m1/s1. The highest BCUT2D eigenvalue weighted by molar-refractivity contribution is 7.09. The van der Waals surface area contributed by atoms with Crippen molar-refractivity contribution in [3.05, 3.63) is 16.1 Å². The second-order valence-corrected chi connectivity index (χ2v) is 6.75. The van der Waals surface area contributed by atoms with Crippen molar-refractivity contribution in [2.45, 2.75) is 45.6 Å². The van der Waals surface area contributed by atoms with E-state index in [4.69, 9.17) is 5.73 Å². The van der Waals surface area contributed by atoms with Crippen molar-refractivity contribution in [2.75, 3.05) is 13.1 Å². The third kappa shape index (κ3) is 4.43. The lowest BCUT2D eigenvalue weighted by atomic mass is 9.95. The van der Waals surface area contributed by atoms with Crippen LogP contribution >= 0.6 is 11.3 Å². The van der Waals surface area contributed by atoms with Crippen LogP contribution in [0.25, 0.3) is 0 Å². The first-order chi connectivity index (χ1) is 10.5. The molecule has 22 heavy (non-hydrogen) atoms. The third-order valence-electron chi connectivity index (χ3n) is 3.94. The summed E-state index contributed by atoms with van der Waals surface area (Å²) in [6, 6.07) is -0.128. The minimum Gasteiger partial charge on any atom is -0.370 e. The Morgan fingerprint density at radius 2 is 2.36 bits per heavy atom. The molecule has 2 rings (SSSR count). The van der Waals surface area contributed by atoms with E-state index >= 15 is 0 Å². The molecule has 0 radical (unpaired) electrons. The van der Waals surface area contributed by atoms with Crippen LogP contribution in [0.5, 0.6) is 0 Å². The lowest BCUT2D eigenvalue weighted by molar-refractivity contribution is -0.119. The van der Waals surface area contributed by atoms with Crippen molar-refractivity contribution < 1.29 is 9.59 Å². The molecule has 3 N–H and O–H groups in total. The summed E-state index contributed by atoms with van der Waals surface area (Å²) in [6.07, 6.45) is 3.03. The van der Waals surface area contributed by atoms with E-state index in [1.807, 2.05) is 19.2 Å². The molecule has 122 valence electrons. The van der Waals surface area contributed by atoms with E-state index in [-0.39, 0.29) is 23.9 Å². The van der Waals surface area contributed by atoms with Gasteiger partial charge in [-0.1, -0.05) is 6.92 Å². The van der Waals surface area contributed by atoms with Crippen molar-refractivity contribution in [3.8, 4) is 0 Å². The molecular weight excluding hydrogens is 300 g/mol. The molecule has 0 spiro atoms. The fraction of sp³-hybridized carbons (Fsp3) is 0.667. The zero-order chi connectivity index (χ0) is 16.1. The quantitative estimate of drug-likeness (QED) is 0.870. The largest absolute Gasteiger partial charge is 0.370 e. The smallest absolute Gasteiger partial charge is 0.317 e. The van der Waals surface area contributed by atoms with Crippen LogP contribution in [0.3, 0.4) is 0 Å². The van der Waals surface area contributed by atoms with E-state index in [0.29, 0.717) is 13.0 Å². The van der Waals surface area contributed by atoms with Gasteiger partial charge in [0.25, 0.3) is 0 Å². The lowest BCUT2D eigenvalue weighted by Gasteiger charge is -2.33. The molecule has 6 nitrogen and oxygen atoms in total. The molecule has 2 heterocycles. The number of nitrogens with zero attached hydrogens (tertiary/aromatic N) is 2. The maximum atomic E-state index is 12.5. The minimum absolute atomic E-state index is 0.0530. The molecular formula is C15H24N4O2S. The van der Waals surface area contributed by atoms with Crippen LogP contribution in [-0.2, 0) is 4.79 Å². The molecule has 1 aliphatic heterocycles. The molecule has 1 fully saturated rings. The van der Waals surface area contributed by atoms with Gasteiger partial charge in [-0.15, -0.1) is 11.3 Å². The van der Waals surface area contributed by atoms with Gasteiger partial charge in [0.15, 0.2) is 0 Å². The van der Waals surface area contributed by atoms with Crippen LogP contribution in [0.1, 0.15) is 49.4 Å². The zero-order valence-corrected chi connectivity index (χ0v) is 14.0. The zero-order valence-electron chi connectivity index (χ0n) is 13.2. The first-order valence-corrected chi connectivity index (χ1v) is 8.63. The molecule has 0 saturated carbocycles. The topological polar surface area (TPSA) is 88.3 Å². The Morgan fingerprint density at radius 3 is 2.95 bits per heavy atom. The van der Waals surface area contributed by atoms with Crippen LogP contribution in [0.4, 0.5) is 4.79 Å². The molecule has 0 aromatic carbocycles.